The Morgan fingerprint density at radius 1 is 1.39 bits per heavy atom. The van der Waals surface area contributed by atoms with Crippen molar-refractivity contribution in [1.29, 1.82) is 0 Å². The fraction of sp³-hybridized carbons (Fsp3) is 0.308. The minimum atomic E-state index is -0.367. The normalized spacial score (nSPS) is 10.7. The molecule has 18 heavy (non-hydrogen) atoms. The van der Waals surface area contributed by atoms with Crippen LogP contribution in [0.5, 0.6) is 5.88 Å². The molecule has 4 nitrogen and oxygen atoms in total. The highest BCUT2D eigenvalue weighted by molar-refractivity contribution is 5.42. The molecule has 1 heterocycles. The number of rotatable bonds is 4. The van der Waals surface area contributed by atoms with Crippen LogP contribution in [0.15, 0.2) is 24.3 Å². The van der Waals surface area contributed by atoms with Gasteiger partial charge in [0.25, 0.3) is 0 Å². The van der Waals surface area contributed by atoms with E-state index in [1.54, 1.807) is 18.2 Å². The second-order valence-corrected chi connectivity index (χ2v) is 3.91. The third kappa shape index (κ3) is 2.09. The molecule has 0 bridgehead atoms. The number of halogens is 1. The van der Waals surface area contributed by atoms with Crippen LogP contribution in [0, 0.1) is 12.7 Å². The summed E-state index contributed by atoms with van der Waals surface area (Å²) in [5.41, 5.74) is 1.86. The number of aliphatic hydroxyl groups excluding tert-OH is 1. The number of aryl methyl sites for hydroxylation is 1. The van der Waals surface area contributed by atoms with Crippen molar-refractivity contribution in [2.45, 2.75) is 13.3 Å². The van der Waals surface area contributed by atoms with E-state index < -0.39 is 0 Å². The van der Waals surface area contributed by atoms with Crippen LogP contribution in [-0.4, -0.2) is 28.6 Å². The summed E-state index contributed by atoms with van der Waals surface area (Å²) in [5.74, 6) is 0.0977. The van der Waals surface area contributed by atoms with Crippen LogP contribution in [0.4, 0.5) is 4.39 Å². The summed E-state index contributed by atoms with van der Waals surface area (Å²) in [6.07, 6.45) is 0.434. The van der Waals surface area contributed by atoms with Crippen molar-refractivity contribution in [3.63, 3.8) is 0 Å². The van der Waals surface area contributed by atoms with Gasteiger partial charge < -0.3 is 9.84 Å². The molecule has 0 spiro atoms. The van der Waals surface area contributed by atoms with E-state index in [-0.39, 0.29) is 12.4 Å². The van der Waals surface area contributed by atoms with Crippen molar-refractivity contribution < 1.29 is 14.2 Å². The Morgan fingerprint density at radius 2 is 2.11 bits per heavy atom. The molecule has 0 saturated heterocycles. The molecule has 0 unspecified atom stereocenters. The first-order valence-corrected chi connectivity index (χ1v) is 5.67. The Hall–Kier alpha value is -1.88. The lowest BCUT2D eigenvalue weighted by Gasteiger charge is -2.08. The minimum absolute atomic E-state index is 0.000164. The van der Waals surface area contributed by atoms with Crippen LogP contribution in [-0.2, 0) is 6.42 Å². The number of hydrogen-bond donors (Lipinski definition) is 1. The lowest BCUT2D eigenvalue weighted by molar-refractivity contribution is 0.295. The lowest BCUT2D eigenvalue weighted by atomic mass is 10.2. The predicted octanol–water partition coefficient (Wildman–Crippen LogP) is 1.86. The Balaban J connectivity index is 2.58. The standard InChI is InChI=1S/C13H15FN2O2/c1-9-10(7-8-17)13(18-2)16(15-9)12-6-4-3-5-11(12)14/h3-6,17H,7-8H2,1-2H3. The van der Waals surface area contributed by atoms with E-state index in [1.807, 2.05) is 6.92 Å². The fourth-order valence-corrected chi connectivity index (χ4v) is 1.93. The maximum absolute atomic E-state index is 13.8. The molecule has 0 aliphatic rings. The van der Waals surface area contributed by atoms with E-state index in [4.69, 9.17) is 9.84 Å². The van der Waals surface area contributed by atoms with Crippen LogP contribution in [0.2, 0.25) is 0 Å². The third-order valence-corrected chi connectivity index (χ3v) is 2.77. The van der Waals surface area contributed by atoms with E-state index in [2.05, 4.69) is 5.10 Å². The van der Waals surface area contributed by atoms with Crippen LogP contribution in [0.25, 0.3) is 5.69 Å². The van der Waals surface area contributed by atoms with Crippen LogP contribution >= 0.6 is 0 Å². The number of aromatic nitrogens is 2. The van der Waals surface area contributed by atoms with Gasteiger partial charge in [-0.05, 0) is 19.1 Å². The highest BCUT2D eigenvalue weighted by Gasteiger charge is 2.18. The maximum atomic E-state index is 13.8. The number of para-hydroxylation sites is 1. The maximum Gasteiger partial charge on any atom is 0.220 e. The van der Waals surface area contributed by atoms with Crippen LogP contribution in [0.1, 0.15) is 11.3 Å². The average molecular weight is 250 g/mol. The Kier molecular flexibility index (Phi) is 3.62. The highest BCUT2D eigenvalue weighted by Crippen LogP contribution is 2.27. The molecule has 0 radical (unpaired) electrons. The number of ether oxygens (including phenoxy) is 1. The first kappa shape index (κ1) is 12.6. The van der Waals surface area contributed by atoms with Crippen molar-refractivity contribution in [2.75, 3.05) is 13.7 Å². The lowest BCUT2D eigenvalue weighted by Crippen LogP contribution is -2.03. The Bertz CT molecular complexity index is 552. The van der Waals surface area contributed by atoms with Gasteiger partial charge in [-0.1, -0.05) is 12.1 Å². The molecule has 1 N–H and O–H groups in total. The molecule has 0 amide bonds. The quantitative estimate of drug-likeness (QED) is 0.901. The zero-order valence-corrected chi connectivity index (χ0v) is 10.4. The summed E-state index contributed by atoms with van der Waals surface area (Å²) in [6, 6.07) is 6.36. The molecule has 0 aliphatic carbocycles. The molecule has 2 rings (SSSR count). The monoisotopic (exact) mass is 250 g/mol. The van der Waals surface area contributed by atoms with Gasteiger partial charge in [-0.25, -0.2) is 4.39 Å². The summed E-state index contributed by atoms with van der Waals surface area (Å²) >= 11 is 0. The van der Waals surface area contributed by atoms with E-state index in [1.165, 1.54) is 17.9 Å². The summed E-state index contributed by atoms with van der Waals surface area (Å²) in [7, 11) is 1.51. The highest BCUT2D eigenvalue weighted by atomic mass is 19.1. The molecule has 1 aromatic carbocycles. The van der Waals surface area contributed by atoms with Gasteiger partial charge in [-0.3, -0.25) is 0 Å². The van der Waals surface area contributed by atoms with E-state index in [0.29, 0.717) is 18.0 Å². The Morgan fingerprint density at radius 3 is 2.72 bits per heavy atom. The van der Waals surface area contributed by atoms with Gasteiger partial charge in [-0.2, -0.15) is 9.78 Å². The molecule has 0 saturated carbocycles. The minimum Gasteiger partial charge on any atom is -0.481 e. The van der Waals surface area contributed by atoms with E-state index in [0.717, 1.165) is 11.3 Å². The van der Waals surface area contributed by atoms with E-state index >= 15 is 0 Å². The molecule has 96 valence electrons. The summed E-state index contributed by atoms with van der Waals surface area (Å²) in [4.78, 5) is 0. The topological polar surface area (TPSA) is 47.3 Å². The number of benzene rings is 1. The molecule has 0 atom stereocenters. The Labute approximate surface area is 105 Å². The smallest absolute Gasteiger partial charge is 0.220 e. The van der Waals surface area contributed by atoms with Gasteiger partial charge >= 0.3 is 0 Å². The van der Waals surface area contributed by atoms with Crippen molar-refractivity contribution in [3.8, 4) is 11.6 Å². The molecular formula is C13H15FN2O2. The largest absolute Gasteiger partial charge is 0.481 e. The molecule has 1 aromatic heterocycles. The van der Waals surface area contributed by atoms with Crippen molar-refractivity contribution >= 4 is 0 Å². The van der Waals surface area contributed by atoms with Crippen LogP contribution < -0.4 is 4.74 Å². The van der Waals surface area contributed by atoms with Crippen molar-refractivity contribution in [3.05, 3.63) is 41.3 Å². The average Bonchev–Trinajstić information content (AvgIpc) is 2.67. The number of methoxy groups -OCH3 is 1. The summed E-state index contributed by atoms with van der Waals surface area (Å²) in [6.45, 7) is 1.81. The van der Waals surface area contributed by atoms with E-state index in [9.17, 15) is 4.39 Å². The molecule has 5 heteroatoms. The fourth-order valence-electron chi connectivity index (χ4n) is 1.93. The molecule has 2 aromatic rings. The number of aliphatic hydroxyl groups is 1. The number of nitrogens with zero attached hydrogens (tertiary/aromatic N) is 2. The van der Waals surface area contributed by atoms with Gasteiger partial charge in [0.15, 0.2) is 0 Å². The zero-order valence-electron chi connectivity index (χ0n) is 10.4. The van der Waals surface area contributed by atoms with Gasteiger partial charge in [0.1, 0.15) is 11.5 Å². The SMILES string of the molecule is COc1c(CCO)c(C)nn1-c1ccccc1F. The number of hydrogen-bond acceptors (Lipinski definition) is 3. The molecule has 0 aliphatic heterocycles. The third-order valence-electron chi connectivity index (χ3n) is 2.77. The van der Waals surface area contributed by atoms with Gasteiger partial charge in [-0.15, -0.1) is 0 Å². The van der Waals surface area contributed by atoms with Gasteiger partial charge in [0.05, 0.1) is 12.8 Å². The summed E-state index contributed by atoms with van der Waals surface area (Å²) < 4.78 is 20.5. The first-order chi connectivity index (χ1) is 8.69. The second kappa shape index (κ2) is 5.18. The van der Waals surface area contributed by atoms with Gasteiger partial charge in [0.2, 0.25) is 5.88 Å². The first-order valence-electron chi connectivity index (χ1n) is 5.67. The molecular weight excluding hydrogens is 235 g/mol. The van der Waals surface area contributed by atoms with Crippen molar-refractivity contribution in [1.82, 2.24) is 9.78 Å². The van der Waals surface area contributed by atoms with Crippen LogP contribution in [0.3, 0.4) is 0 Å². The predicted molar refractivity (Wildman–Crippen MR) is 65.6 cm³/mol. The van der Waals surface area contributed by atoms with Crippen molar-refractivity contribution in [2.24, 2.45) is 0 Å². The molecule has 0 fully saturated rings. The summed E-state index contributed by atoms with van der Waals surface area (Å²) in [5, 5.41) is 13.3. The second-order valence-electron chi connectivity index (χ2n) is 3.91. The van der Waals surface area contributed by atoms with Gasteiger partial charge in [0, 0.05) is 18.6 Å². The zero-order chi connectivity index (χ0) is 13.1.